The lowest BCUT2D eigenvalue weighted by Crippen LogP contribution is -2.45. The van der Waals surface area contributed by atoms with Gasteiger partial charge < -0.3 is 20.1 Å². The van der Waals surface area contributed by atoms with Crippen molar-refractivity contribution in [1.82, 2.24) is 10.5 Å². The average molecular weight is 219 g/mol. The first-order valence-electron chi connectivity index (χ1n) is 4.60. The predicted octanol–water partition coefficient (Wildman–Crippen LogP) is -1.83. The second-order valence-electron chi connectivity index (χ2n) is 3.90. The maximum Gasteiger partial charge on any atom is 0.393 e. The topological polar surface area (TPSA) is 87.7 Å². The van der Waals surface area contributed by atoms with Gasteiger partial charge in [0.2, 0.25) is 13.3 Å². The number of nitrogens with one attached hydrogen (secondary N) is 2. The molecular weight excluding hydrogens is 207 g/mol. The van der Waals surface area contributed by atoms with Crippen LogP contribution in [0.25, 0.3) is 0 Å². The molecule has 3 N–H and O–H groups in total. The van der Waals surface area contributed by atoms with Gasteiger partial charge in [0.25, 0.3) is 0 Å². The van der Waals surface area contributed by atoms with Gasteiger partial charge in [0.05, 0.1) is 0 Å². The molecule has 0 heterocycles. The maximum atomic E-state index is 11.3. The standard InChI is InChI=1S/C6H12B4N2O4/c1-6(2,3)4(13)11-10-12-5(14)16-9-7-8-15/h15H,1-3H3,(H,11,13)(H,12,14). The van der Waals surface area contributed by atoms with E-state index in [-0.39, 0.29) is 5.91 Å². The molecule has 0 atom stereocenters. The zero-order valence-electron chi connectivity index (χ0n) is 9.48. The summed E-state index contributed by atoms with van der Waals surface area (Å²) in [6, 6.07) is 0. The fraction of sp³-hybridized carbons (Fsp3) is 0.667. The van der Waals surface area contributed by atoms with Crippen LogP contribution in [0, 0.1) is 5.41 Å². The Morgan fingerprint density at radius 3 is 2.38 bits per heavy atom. The van der Waals surface area contributed by atoms with Crippen LogP contribution in [-0.2, 0) is 9.45 Å². The van der Waals surface area contributed by atoms with Gasteiger partial charge in [-0.05, 0) is 0 Å². The first-order chi connectivity index (χ1) is 7.38. The minimum atomic E-state index is -0.771. The lowest BCUT2D eigenvalue weighted by atomic mass is 9.32. The fourth-order valence-corrected chi connectivity index (χ4v) is 0.547. The highest BCUT2D eigenvalue weighted by atomic mass is 16.5. The second-order valence-corrected chi connectivity index (χ2v) is 3.90. The summed E-state index contributed by atoms with van der Waals surface area (Å²) >= 11 is 0. The molecule has 0 aromatic rings. The molecule has 0 unspecified atom stereocenters. The van der Waals surface area contributed by atoms with Gasteiger partial charge in [-0.2, -0.15) is 0 Å². The van der Waals surface area contributed by atoms with E-state index in [4.69, 9.17) is 5.02 Å². The van der Waals surface area contributed by atoms with Gasteiger partial charge in [-0.15, -0.1) is 0 Å². The molecule has 0 saturated carbocycles. The summed E-state index contributed by atoms with van der Waals surface area (Å²) in [5, 5.41) is 12.8. The third-order valence-electron chi connectivity index (χ3n) is 1.41. The zero-order chi connectivity index (χ0) is 12.6. The molecule has 82 valence electrons. The molecule has 4 radical (unpaired) electrons. The van der Waals surface area contributed by atoms with Crippen LogP contribution in [0.15, 0.2) is 0 Å². The molecule has 10 heteroatoms. The molecule has 0 aromatic heterocycles. The highest BCUT2D eigenvalue weighted by Gasteiger charge is 2.21. The van der Waals surface area contributed by atoms with Gasteiger partial charge in [0.15, 0.2) is 0 Å². The number of hydrogen-bond acceptors (Lipinski definition) is 4. The first-order valence-corrected chi connectivity index (χ1v) is 4.60. The molecule has 0 spiro atoms. The Morgan fingerprint density at radius 2 is 1.88 bits per heavy atom. The number of amides is 2. The molecule has 0 fully saturated rings. The molecule has 0 rings (SSSR count). The summed E-state index contributed by atoms with van der Waals surface area (Å²) in [5.74, 6) is -0.230. The Labute approximate surface area is 97.9 Å². The van der Waals surface area contributed by atoms with Crippen molar-refractivity contribution >= 4 is 41.4 Å². The van der Waals surface area contributed by atoms with Crippen molar-refractivity contribution in [3.63, 3.8) is 0 Å². The molecule has 0 aromatic carbocycles. The largest absolute Gasteiger partial charge is 0.535 e. The SMILES string of the molecule is CC(C)(C)C(=O)N[B]NC(=O)O[B][B][B]O. The summed E-state index contributed by atoms with van der Waals surface area (Å²) in [4.78, 5) is 22.2. The van der Waals surface area contributed by atoms with E-state index < -0.39 is 11.5 Å². The van der Waals surface area contributed by atoms with Crippen LogP contribution in [0.5, 0.6) is 0 Å². The first kappa shape index (κ1) is 15.0. The minimum Gasteiger partial charge on any atom is -0.535 e. The summed E-state index contributed by atoms with van der Waals surface area (Å²) in [5.41, 5.74) is -0.534. The Bertz CT molecular complexity index is 245. The third kappa shape index (κ3) is 7.28. The van der Waals surface area contributed by atoms with Crippen molar-refractivity contribution in [1.29, 1.82) is 0 Å². The van der Waals surface area contributed by atoms with E-state index in [1.165, 1.54) is 0 Å². The van der Waals surface area contributed by atoms with E-state index in [0.717, 1.165) is 29.4 Å². The average Bonchev–Trinajstić information content (AvgIpc) is 2.16. The van der Waals surface area contributed by atoms with Crippen LogP contribution in [0.3, 0.4) is 0 Å². The van der Waals surface area contributed by atoms with Crippen LogP contribution < -0.4 is 10.5 Å². The number of hydrogen-bond donors (Lipinski definition) is 3. The molecule has 0 aliphatic heterocycles. The smallest absolute Gasteiger partial charge is 0.393 e. The van der Waals surface area contributed by atoms with Gasteiger partial charge in [0.1, 0.15) is 7.06 Å². The Morgan fingerprint density at radius 1 is 1.25 bits per heavy atom. The maximum absolute atomic E-state index is 11.3. The summed E-state index contributed by atoms with van der Waals surface area (Å²) in [7, 11) is 3.94. The van der Waals surface area contributed by atoms with Crippen molar-refractivity contribution in [2.75, 3.05) is 0 Å². The summed E-state index contributed by atoms with van der Waals surface area (Å²) in [6.45, 7) is 5.23. The predicted molar refractivity (Wildman–Crippen MR) is 62.4 cm³/mol. The third-order valence-corrected chi connectivity index (χ3v) is 1.41. The van der Waals surface area contributed by atoms with Gasteiger partial charge in [-0.1, -0.05) is 20.8 Å². The van der Waals surface area contributed by atoms with Crippen molar-refractivity contribution < 1.29 is 19.3 Å². The van der Waals surface area contributed by atoms with Crippen LogP contribution in [0.4, 0.5) is 4.79 Å². The van der Waals surface area contributed by atoms with Crippen LogP contribution >= 0.6 is 0 Å². The van der Waals surface area contributed by atoms with Crippen LogP contribution in [-0.4, -0.2) is 46.4 Å². The van der Waals surface area contributed by atoms with Gasteiger partial charge in [-0.25, -0.2) is 4.79 Å². The van der Waals surface area contributed by atoms with Crippen LogP contribution in [0.1, 0.15) is 20.8 Å². The van der Waals surface area contributed by atoms with Crippen molar-refractivity contribution in [3.8, 4) is 0 Å². The van der Waals surface area contributed by atoms with Crippen molar-refractivity contribution in [3.05, 3.63) is 0 Å². The van der Waals surface area contributed by atoms with Gasteiger partial charge >= 0.3 is 21.0 Å². The van der Waals surface area contributed by atoms with Crippen molar-refractivity contribution in [2.45, 2.75) is 20.8 Å². The van der Waals surface area contributed by atoms with Gasteiger partial charge in [0, 0.05) is 5.41 Å². The van der Waals surface area contributed by atoms with Gasteiger partial charge in [-0.3, -0.25) is 4.79 Å². The van der Waals surface area contributed by atoms with E-state index >= 15 is 0 Å². The zero-order valence-corrected chi connectivity index (χ0v) is 9.48. The molecule has 0 aliphatic carbocycles. The lowest BCUT2D eigenvalue weighted by molar-refractivity contribution is -0.126. The molecule has 6 nitrogen and oxygen atoms in total. The molecule has 0 saturated heterocycles. The Kier molecular flexibility index (Phi) is 6.80. The highest BCUT2D eigenvalue weighted by molar-refractivity contribution is 7.26. The van der Waals surface area contributed by atoms with E-state index in [1.54, 1.807) is 20.8 Å². The molecule has 0 aliphatic rings. The monoisotopic (exact) mass is 220 g/mol. The number of carbonyl (C=O) groups is 2. The Balaban J connectivity index is 3.59. The minimum absolute atomic E-state index is 0.230. The van der Waals surface area contributed by atoms with E-state index in [0.29, 0.717) is 0 Å². The summed E-state index contributed by atoms with van der Waals surface area (Å²) < 4.78 is 4.45. The van der Waals surface area contributed by atoms with Crippen LogP contribution in [0.2, 0.25) is 0 Å². The summed E-state index contributed by atoms with van der Waals surface area (Å²) in [6.07, 6.45) is -0.771. The molecule has 16 heavy (non-hydrogen) atoms. The molecule has 2 amide bonds. The highest BCUT2D eigenvalue weighted by Crippen LogP contribution is 2.11. The number of rotatable bonds is 5. The normalized spacial score (nSPS) is 9.75. The second kappa shape index (κ2) is 7.27. The van der Waals surface area contributed by atoms with E-state index in [1.807, 2.05) is 0 Å². The van der Waals surface area contributed by atoms with Crippen molar-refractivity contribution in [2.24, 2.45) is 5.41 Å². The number of carbonyl (C=O) groups excluding carboxylic acids is 2. The molecule has 0 bridgehead atoms. The van der Waals surface area contributed by atoms with E-state index in [9.17, 15) is 9.59 Å². The fourth-order valence-electron chi connectivity index (χ4n) is 0.547. The Hall–Kier alpha value is -1.04. The lowest BCUT2D eigenvalue weighted by Gasteiger charge is -2.17. The molecular formula is C6H12B4N2O4. The van der Waals surface area contributed by atoms with E-state index in [2.05, 4.69) is 15.1 Å². The quantitative estimate of drug-likeness (QED) is 0.375.